The molecule has 12 heteroatoms. The highest BCUT2D eigenvalue weighted by Crippen LogP contribution is 2.34. The Morgan fingerprint density at radius 2 is 1.67 bits per heavy atom. The minimum atomic E-state index is -0.754. The summed E-state index contributed by atoms with van der Waals surface area (Å²) < 4.78 is 23.4. The highest BCUT2D eigenvalue weighted by atomic mass is 35.5. The van der Waals surface area contributed by atoms with Crippen LogP contribution in [0, 0.1) is 11.7 Å². The highest BCUT2D eigenvalue weighted by molar-refractivity contribution is 7.17. The number of rotatable bonds is 11. The SMILES string of the molecule is O=C(Nc1cc(F)c(CC(=O)N2CCC[C@H]2C(OC2CCC(C(=O)O)CC2)N2CCN(Cc3ccccc3)CC2)cc1Cl)c1csc2ccccc12. The molecule has 274 valence electrons. The second-order valence-electron chi connectivity index (χ2n) is 14.1. The fourth-order valence-corrected chi connectivity index (χ4v) is 9.08. The molecule has 1 saturated carbocycles. The van der Waals surface area contributed by atoms with Crippen molar-refractivity contribution in [3.63, 3.8) is 0 Å². The number of piperazine rings is 1. The van der Waals surface area contributed by atoms with Crippen molar-refractivity contribution >= 4 is 56.5 Å². The predicted molar refractivity (Wildman–Crippen MR) is 201 cm³/mol. The van der Waals surface area contributed by atoms with Crippen molar-refractivity contribution in [1.82, 2.24) is 14.7 Å². The first-order chi connectivity index (χ1) is 25.2. The number of likely N-dealkylation sites (tertiary alicyclic amines) is 1. The maximum Gasteiger partial charge on any atom is 0.306 e. The molecule has 3 fully saturated rings. The van der Waals surface area contributed by atoms with Gasteiger partial charge in [0, 0.05) is 54.7 Å². The van der Waals surface area contributed by atoms with Crippen LogP contribution in [0.4, 0.5) is 10.1 Å². The van der Waals surface area contributed by atoms with Gasteiger partial charge in [-0.2, -0.15) is 0 Å². The van der Waals surface area contributed by atoms with Crippen molar-refractivity contribution in [2.75, 3.05) is 38.0 Å². The minimum Gasteiger partial charge on any atom is -0.481 e. The third-order valence-corrected chi connectivity index (χ3v) is 12.0. The zero-order valence-corrected chi connectivity index (χ0v) is 30.6. The number of carboxylic acids is 1. The molecular weight excluding hydrogens is 703 g/mol. The second-order valence-corrected chi connectivity index (χ2v) is 15.5. The Balaban J connectivity index is 1.04. The van der Waals surface area contributed by atoms with Crippen LogP contribution in [0.15, 0.2) is 72.1 Å². The Morgan fingerprint density at radius 3 is 2.42 bits per heavy atom. The van der Waals surface area contributed by atoms with Gasteiger partial charge in [0.25, 0.3) is 5.91 Å². The number of hydrogen-bond donors (Lipinski definition) is 2. The summed E-state index contributed by atoms with van der Waals surface area (Å²) in [5, 5.41) is 15.0. The Morgan fingerprint density at radius 1 is 0.942 bits per heavy atom. The van der Waals surface area contributed by atoms with E-state index in [1.54, 1.807) is 5.38 Å². The number of ether oxygens (including phenoxy) is 1. The lowest BCUT2D eigenvalue weighted by atomic mass is 9.87. The fraction of sp³-hybridized carbons (Fsp3) is 0.425. The largest absolute Gasteiger partial charge is 0.481 e. The number of halogens is 2. The van der Waals surface area contributed by atoms with Crippen LogP contribution in [0.5, 0.6) is 0 Å². The molecule has 2 atom stereocenters. The minimum absolute atomic E-state index is 0.0911. The molecule has 0 spiro atoms. The average molecular weight is 747 g/mol. The number of carbonyl (C=O) groups is 3. The maximum atomic E-state index is 15.6. The van der Waals surface area contributed by atoms with E-state index < -0.39 is 11.8 Å². The molecule has 7 rings (SSSR count). The van der Waals surface area contributed by atoms with Crippen LogP contribution in [-0.2, 0) is 27.3 Å². The van der Waals surface area contributed by atoms with Crippen LogP contribution < -0.4 is 5.32 Å². The van der Waals surface area contributed by atoms with Gasteiger partial charge in [-0.1, -0.05) is 60.1 Å². The summed E-state index contributed by atoms with van der Waals surface area (Å²) >= 11 is 8.04. The Labute approximate surface area is 312 Å². The van der Waals surface area contributed by atoms with Gasteiger partial charge in [0.05, 0.1) is 40.8 Å². The molecule has 1 aliphatic carbocycles. The Bertz CT molecular complexity index is 1890. The van der Waals surface area contributed by atoms with E-state index in [4.69, 9.17) is 16.3 Å². The molecule has 2 saturated heterocycles. The molecule has 3 aliphatic rings. The van der Waals surface area contributed by atoms with Crippen molar-refractivity contribution in [3.8, 4) is 0 Å². The van der Waals surface area contributed by atoms with E-state index in [-0.39, 0.29) is 58.8 Å². The number of thiophene rings is 1. The number of hydrogen-bond acceptors (Lipinski definition) is 7. The van der Waals surface area contributed by atoms with Crippen LogP contribution in [0.3, 0.4) is 0 Å². The maximum absolute atomic E-state index is 15.6. The summed E-state index contributed by atoms with van der Waals surface area (Å²) in [5.41, 5.74) is 2.07. The monoisotopic (exact) mass is 746 g/mol. The van der Waals surface area contributed by atoms with Crippen LogP contribution in [-0.4, -0.2) is 88.7 Å². The van der Waals surface area contributed by atoms with Crippen LogP contribution in [0.1, 0.15) is 60.0 Å². The number of anilines is 1. The smallest absolute Gasteiger partial charge is 0.306 e. The average Bonchev–Trinajstić information content (AvgIpc) is 3.82. The summed E-state index contributed by atoms with van der Waals surface area (Å²) in [4.78, 5) is 45.3. The topological polar surface area (TPSA) is 102 Å². The van der Waals surface area contributed by atoms with E-state index in [0.717, 1.165) is 55.7 Å². The third-order valence-electron chi connectivity index (χ3n) is 10.8. The number of nitrogens with one attached hydrogen (secondary N) is 1. The number of amides is 2. The molecule has 1 aromatic heterocycles. The van der Waals surface area contributed by atoms with E-state index >= 15 is 4.39 Å². The Kier molecular flexibility index (Phi) is 11.5. The molecule has 1 unspecified atom stereocenters. The predicted octanol–water partition coefficient (Wildman–Crippen LogP) is 7.28. The third kappa shape index (κ3) is 8.34. The summed E-state index contributed by atoms with van der Waals surface area (Å²) in [5.74, 6) is -2.30. The zero-order chi connectivity index (χ0) is 36.2. The van der Waals surface area contributed by atoms with E-state index in [0.29, 0.717) is 37.8 Å². The zero-order valence-electron chi connectivity index (χ0n) is 29.0. The molecule has 0 radical (unpaired) electrons. The van der Waals surface area contributed by atoms with Crippen LogP contribution in [0.25, 0.3) is 10.1 Å². The second kappa shape index (κ2) is 16.4. The molecule has 3 heterocycles. The number of aliphatic carboxylic acids is 1. The molecule has 2 aliphatic heterocycles. The lowest BCUT2D eigenvalue weighted by Crippen LogP contribution is -2.58. The highest BCUT2D eigenvalue weighted by Gasteiger charge is 2.41. The summed E-state index contributed by atoms with van der Waals surface area (Å²) in [6, 6.07) is 20.4. The van der Waals surface area contributed by atoms with Crippen molar-refractivity contribution in [2.45, 2.75) is 69.9 Å². The molecular formula is C40H44ClFN4O5S. The van der Waals surface area contributed by atoms with Gasteiger partial charge in [-0.25, -0.2) is 4.39 Å². The van der Waals surface area contributed by atoms with Crippen molar-refractivity contribution in [2.24, 2.45) is 5.92 Å². The molecule has 9 nitrogen and oxygen atoms in total. The van der Waals surface area contributed by atoms with Gasteiger partial charge in [-0.05, 0) is 67.9 Å². The standard InChI is InChI=1S/C40H44ClFN4O5S/c41-32-21-28(33(42)23-34(32)43-38(48)31-25-52-36-11-5-4-9-30(31)36)22-37(47)46-16-6-10-35(46)39(51-29-14-12-27(13-15-29)40(49)50)45-19-17-44(18-20-45)24-26-7-2-1-3-8-26/h1-5,7-9,11,21,23,25,27,29,35,39H,6,10,12-20,22,24H2,(H,43,48)(H,49,50)/t27?,29?,35-,39?/m0/s1. The molecule has 2 amide bonds. The van der Waals surface area contributed by atoms with Crippen molar-refractivity contribution in [1.29, 1.82) is 0 Å². The number of fused-ring (bicyclic) bond motifs is 1. The van der Waals surface area contributed by atoms with Gasteiger partial charge in [0.1, 0.15) is 12.0 Å². The normalized spacial score (nSPS) is 22.0. The van der Waals surface area contributed by atoms with Crippen LogP contribution >= 0.6 is 22.9 Å². The van der Waals surface area contributed by atoms with Crippen molar-refractivity contribution in [3.05, 3.63) is 99.6 Å². The summed E-state index contributed by atoms with van der Waals surface area (Å²) in [6.07, 6.45) is 3.43. The lowest BCUT2D eigenvalue weighted by molar-refractivity contribution is -0.164. The van der Waals surface area contributed by atoms with Crippen molar-refractivity contribution < 1.29 is 28.6 Å². The lowest BCUT2D eigenvalue weighted by Gasteiger charge is -2.45. The molecule has 4 aromatic rings. The Hall–Kier alpha value is -3.87. The quantitative estimate of drug-likeness (QED) is 0.166. The fourth-order valence-electron chi connectivity index (χ4n) is 7.91. The van der Waals surface area contributed by atoms with E-state index in [1.165, 1.54) is 29.0 Å². The molecule has 52 heavy (non-hydrogen) atoms. The van der Waals surface area contributed by atoms with Gasteiger partial charge in [-0.3, -0.25) is 24.2 Å². The number of nitrogens with zero attached hydrogens (tertiary/aromatic N) is 3. The van der Waals surface area contributed by atoms with Gasteiger partial charge >= 0.3 is 5.97 Å². The first-order valence-electron chi connectivity index (χ1n) is 18.2. The molecule has 0 bridgehead atoms. The molecule has 3 aromatic carbocycles. The molecule has 2 N–H and O–H groups in total. The van der Waals surface area contributed by atoms with E-state index in [1.807, 2.05) is 35.2 Å². The first-order valence-corrected chi connectivity index (χ1v) is 19.4. The number of benzene rings is 3. The van der Waals surface area contributed by atoms with Crippen LogP contribution in [0.2, 0.25) is 5.02 Å². The summed E-state index contributed by atoms with van der Waals surface area (Å²) in [6.45, 7) is 4.68. The van der Waals surface area contributed by atoms with E-state index in [9.17, 15) is 19.5 Å². The van der Waals surface area contributed by atoms with Gasteiger partial charge < -0.3 is 20.1 Å². The first kappa shape index (κ1) is 36.5. The number of carbonyl (C=O) groups excluding carboxylic acids is 2. The van der Waals surface area contributed by atoms with Gasteiger partial charge in [0.2, 0.25) is 5.91 Å². The summed E-state index contributed by atoms with van der Waals surface area (Å²) in [7, 11) is 0. The number of carboxylic acid groups (broad SMARTS) is 1. The van der Waals surface area contributed by atoms with Gasteiger partial charge in [0.15, 0.2) is 0 Å². The van der Waals surface area contributed by atoms with E-state index in [2.05, 4.69) is 39.4 Å². The van der Waals surface area contributed by atoms with Gasteiger partial charge in [-0.15, -0.1) is 11.3 Å².